The summed E-state index contributed by atoms with van der Waals surface area (Å²) in [6.45, 7) is 2.93. The van der Waals surface area contributed by atoms with Crippen LogP contribution in [0.15, 0.2) is 42.6 Å². The summed E-state index contributed by atoms with van der Waals surface area (Å²) in [4.78, 5) is 6.48. The molecule has 106 valence electrons. The predicted molar refractivity (Wildman–Crippen MR) is 84.2 cm³/mol. The molecule has 0 aliphatic carbocycles. The van der Waals surface area contributed by atoms with E-state index in [9.17, 15) is 0 Å². The zero-order chi connectivity index (χ0) is 14.5. The van der Waals surface area contributed by atoms with Crippen LogP contribution in [0.4, 0.5) is 11.4 Å². The normalized spacial score (nSPS) is 14.0. The highest BCUT2D eigenvalue weighted by atomic mass is 15.1. The third-order valence-electron chi connectivity index (χ3n) is 3.82. The lowest BCUT2D eigenvalue weighted by atomic mass is 10.2. The number of nitrogens with zero attached hydrogens (tertiary/aromatic N) is 3. The van der Waals surface area contributed by atoms with E-state index in [-0.39, 0.29) is 0 Å². The van der Waals surface area contributed by atoms with Gasteiger partial charge in [0.15, 0.2) is 0 Å². The van der Waals surface area contributed by atoms with Gasteiger partial charge in [-0.15, -0.1) is 0 Å². The maximum Gasteiger partial charge on any atom is 0.145 e. The number of hydrogen-bond acceptors (Lipinski definition) is 4. The van der Waals surface area contributed by atoms with Gasteiger partial charge in [0.2, 0.25) is 0 Å². The van der Waals surface area contributed by atoms with Crippen molar-refractivity contribution in [2.75, 3.05) is 23.3 Å². The Morgan fingerprint density at radius 1 is 1.14 bits per heavy atom. The Kier molecular flexibility index (Phi) is 4.02. The molecule has 2 aromatic rings. The summed E-state index contributed by atoms with van der Waals surface area (Å²) in [5.74, 6) is 0. The van der Waals surface area contributed by atoms with Gasteiger partial charge in [-0.2, -0.15) is 5.26 Å². The smallest absolute Gasteiger partial charge is 0.145 e. The van der Waals surface area contributed by atoms with Gasteiger partial charge in [-0.05, 0) is 43.2 Å². The number of anilines is 2. The van der Waals surface area contributed by atoms with E-state index in [0.717, 1.165) is 24.3 Å². The van der Waals surface area contributed by atoms with Crippen LogP contribution >= 0.6 is 0 Å². The Hall–Kier alpha value is -2.54. The molecule has 3 rings (SSSR count). The number of rotatable bonds is 4. The molecule has 4 heteroatoms. The summed E-state index contributed by atoms with van der Waals surface area (Å²) in [6, 6.07) is 14.4. The van der Waals surface area contributed by atoms with E-state index in [2.05, 4.69) is 45.5 Å². The quantitative estimate of drug-likeness (QED) is 0.933. The number of pyridine rings is 1. The average molecular weight is 278 g/mol. The van der Waals surface area contributed by atoms with E-state index in [4.69, 9.17) is 5.26 Å². The summed E-state index contributed by atoms with van der Waals surface area (Å²) in [6.07, 6.45) is 4.22. The summed E-state index contributed by atoms with van der Waals surface area (Å²) in [5.41, 5.74) is 3.75. The van der Waals surface area contributed by atoms with Crippen LogP contribution in [-0.4, -0.2) is 18.1 Å². The average Bonchev–Trinajstić information content (AvgIpc) is 3.08. The van der Waals surface area contributed by atoms with Gasteiger partial charge in [-0.1, -0.05) is 6.07 Å². The molecule has 1 aliphatic heterocycles. The fraction of sp³-hybridized carbons (Fsp3) is 0.294. The van der Waals surface area contributed by atoms with Crippen molar-refractivity contribution in [2.24, 2.45) is 0 Å². The molecule has 1 aromatic carbocycles. The second-order valence-electron chi connectivity index (χ2n) is 5.22. The molecule has 1 saturated heterocycles. The molecular formula is C17H18N4. The molecule has 0 saturated carbocycles. The molecule has 2 heterocycles. The zero-order valence-corrected chi connectivity index (χ0v) is 11.9. The summed E-state index contributed by atoms with van der Waals surface area (Å²) in [5, 5.41) is 12.4. The molecule has 1 aromatic heterocycles. The Labute approximate surface area is 125 Å². The van der Waals surface area contributed by atoms with Gasteiger partial charge >= 0.3 is 0 Å². The molecule has 21 heavy (non-hydrogen) atoms. The molecule has 0 atom stereocenters. The first-order valence-corrected chi connectivity index (χ1v) is 7.30. The second kappa shape index (κ2) is 6.27. The highest BCUT2D eigenvalue weighted by Gasteiger charge is 2.11. The second-order valence-corrected chi connectivity index (χ2v) is 5.22. The molecule has 4 nitrogen and oxygen atoms in total. The fourth-order valence-electron chi connectivity index (χ4n) is 2.64. The number of nitrogens with one attached hydrogen (secondary N) is 1. The van der Waals surface area contributed by atoms with Crippen molar-refractivity contribution in [1.29, 1.82) is 5.26 Å². The maximum atomic E-state index is 9.03. The van der Waals surface area contributed by atoms with E-state index in [0.29, 0.717) is 12.2 Å². The van der Waals surface area contributed by atoms with Crippen LogP contribution in [0.3, 0.4) is 0 Å². The van der Waals surface area contributed by atoms with E-state index in [1.807, 2.05) is 12.1 Å². The Morgan fingerprint density at radius 2 is 1.90 bits per heavy atom. The molecule has 0 radical (unpaired) electrons. The first kappa shape index (κ1) is 13.4. The first-order valence-electron chi connectivity index (χ1n) is 7.30. The predicted octanol–water partition coefficient (Wildman–Crippen LogP) is 3.17. The van der Waals surface area contributed by atoms with E-state index in [1.54, 1.807) is 6.20 Å². The van der Waals surface area contributed by atoms with Crippen molar-refractivity contribution in [2.45, 2.75) is 19.4 Å². The van der Waals surface area contributed by atoms with Crippen molar-refractivity contribution in [3.63, 3.8) is 0 Å². The van der Waals surface area contributed by atoms with Crippen molar-refractivity contribution in [3.05, 3.63) is 53.9 Å². The van der Waals surface area contributed by atoms with Gasteiger partial charge in [0.25, 0.3) is 0 Å². The molecule has 1 fully saturated rings. The molecule has 1 N–H and O–H groups in total. The minimum absolute atomic E-state index is 0.485. The van der Waals surface area contributed by atoms with E-state index >= 15 is 0 Å². The molecule has 0 bridgehead atoms. The molecule has 0 amide bonds. The highest BCUT2D eigenvalue weighted by Crippen LogP contribution is 2.22. The van der Waals surface area contributed by atoms with Gasteiger partial charge < -0.3 is 10.2 Å². The number of aromatic nitrogens is 1. The minimum Gasteiger partial charge on any atom is -0.381 e. The number of hydrogen-bond donors (Lipinski definition) is 1. The number of benzene rings is 1. The van der Waals surface area contributed by atoms with Crippen LogP contribution in [0.2, 0.25) is 0 Å². The standard InChI is InChI=1S/C17H18N4/c18-12-17-14(4-3-9-19-17)13-20-15-5-7-16(8-6-15)21-10-1-2-11-21/h3-9,20H,1-2,10-11,13H2. The van der Waals surface area contributed by atoms with Crippen molar-refractivity contribution >= 4 is 11.4 Å². The Balaban J connectivity index is 1.64. The van der Waals surface area contributed by atoms with E-state index < -0.39 is 0 Å². The van der Waals surface area contributed by atoms with Gasteiger partial charge in [-0.3, -0.25) is 0 Å². The van der Waals surface area contributed by atoms with Crippen molar-refractivity contribution in [3.8, 4) is 6.07 Å². The lowest BCUT2D eigenvalue weighted by Gasteiger charge is -2.18. The van der Waals surface area contributed by atoms with Gasteiger partial charge in [0, 0.05) is 42.8 Å². The van der Waals surface area contributed by atoms with Crippen LogP contribution in [0.25, 0.3) is 0 Å². The van der Waals surface area contributed by atoms with Crippen molar-refractivity contribution in [1.82, 2.24) is 4.98 Å². The zero-order valence-electron chi connectivity index (χ0n) is 11.9. The number of nitriles is 1. The Bertz CT molecular complexity index is 637. The highest BCUT2D eigenvalue weighted by molar-refractivity contribution is 5.55. The summed E-state index contributed by atoms with van der Waals surface area (Å²) >= 11 is 0. The fourth-order valence-corrected chi connectivity index (χ4v) is 2.64. The van der Waals surface area contributed by atoms with Crippen LogP contribution < -0.4 is 10.2 Å². The van der Waals surface area contributed by atoms with Crippen LogP contribution in [0.1, 0.15) is 24.1 Å². The molecule has 0 spiro atoms. The van der Waals surface area contributed by atoms with Crippen LogP contribution in [0.5, 0.6) is 0 Å². The van der Waals surface area contributed by atoms with Crippen molar-refractivity contribution < 1.29 is 0 Å². The topological polar surface area (TPSA) is 52.0 Å². The summed E-state index contributed by atoms with van der Waals surface area (Å²) in [7, 11) is 0. The molecular weight excluding hydrogens is 260 g/mol. The van der Waals surface area contributed by atoms with Gasteiger partial charge in [0.1, 0.15) is 11.8 Å². The SMILES string of the molecule is N#Cc1ncccc1CNc1ccc(N2CCCC2)cc1. The lowest BCUT2D eigenvalue weighted by Crippen LogP contribution is -2.17. The Morgan fingerprint density at radius 3 is 2.62 bits per heavy atom. The minimum atomic E-state index is 0.485. The lowest BCUT2D eigenvalue weighted by molar-refractivity contribution is 0.949. The third-order valence-corrected chi connectivity index (χ3v) is 3.82. The third kappa shape index (κ3) is 3.14. The monoisotopic (exact) mass is 278 g/mol. The van der Waals surface area contributed by atoms with Crippen LogP contribution in [-0.2, 0) is 6.54 Å². The van der Waals surface area contributed by atoms with Gasteiger partial charge in [-0.25, -0.2) is 4.98 Å². The molecule has 0 unspecified atom stereocenters. The largest absolute Gasteiger partial charge is 0.381 e. The first-order chi connectivity index (χ1) is 10.4. The van der Waals surface area contributed by atoms with E-state index in [1.165, 1.54) is 18.5 Å². The maximum absolute atomic E-state index is 9.03. The molecule has 1 aliphatic rings. The van der Waals surface area contributed by atoms with Crippen LogP contribution in [0, 0.1) is 11.3 Å². The van der Waals surface area contributed by atoms with Gasteiger partial charge in [0.05, 0.1) is 0 Å². The summed E-state index contributed by atoms with van der Waals surface area (Å²) < 4.78 is 0.